The molecule has 2 fully saturated rings. The van der Waals surface area contributed by atoms with Gasteiger partial charge in [0.05, 0.1) is 5.56 Å². The van der Waals surface area contributed by atoms with Gasteiger partial charge < -0.3 is 20.3 Å². The Bertz CT molecular complexity index is 2080. The number of alkyl halides is 3. The molecule has 2 aliphatic rings. The largest absolute Gasteiger partial charge is 0.574 e. The summed E-state index contributed by atoms with van der Waals surface area (Å²) >= 11 is 0. The summed E-state index contributed by atoms with van der Waals surface area (Å²) in [6.07, 6.45) is 4.58. The van der Waals surface area contributed by atoms with Crippen molar-refractivity contribution in [1.29, 1.82) is 0 Å². The molecule has 284 valence electrons. The third kappa shape index (κ3) is 9.62. The molecule has 0 radical (unpaired) electrons. The van der Waals surface area contributed by atoms with E-state index in [0.717, 1.165) is 73.8 Å². The summed E-state index contributed by atoms with van der Waals surface area (Å²) < 4.78 is 56.6. The van der Waals surface area contributed by atoms with Gasteiger partial charge in [-0.1, -0.05) is 36.4 Å². The normalized spacial score (nSPS) is 15.7. The van der Waals surface area contributed by atoms with Crippen molar-refractivity contribution in [2.75, 3.05) is 31.1 Å². The number of hydrogen-bond acceptors (Lipinski definition) is 8. The predicted octanol–water partition coefficient (Wildman–Crippen LogP) is 7.04. The Hall–Kier alpha value is -5.89. The summed E-state index contributed by atoms with van der Waals surface area (Å²) in [6, 6.07) is 22.1. The van der Waals surface area contributed by atoms with Crippen molar-refractivity contribution in [3.63, 3.8) is 0 Å². The molecule has 2 aliphatic heterocycles. The second-order valence-corrected chi connectivity index (χ2v) is 13.7. The number of hydrogen-bond donors (Lipinski definition) is 2. The van der Waals surface area contributed by atoms with E-state index < -0.39 is 24.0 Å². The molecule has 55 heavy (non-hydrogen) atoms. The lowest BCUT2D eigenvalue weighted by molar-refractivity contribution is -0.276. The van der Waals surface area contributed by atoms with Crippen LogP contribution in [0.25, 0.3) is 22.3 Å². The summed E-state index contributed by atoms with van der Waals surface area (Å²) in [5.74, 6) is -1.18. The van der Waals surface area contributed by atoms with Gasteiger partial charge in [0, 0.05) is 97.9 Å². The number of rotatable bonds is 10. The lowest BCUT2D eigenvalue weighted by atomic mass is 10.0. The van der Waals surface area contributed by atoms with Crippen LogP contribution in [0, 0.1) is 5.82 Å². The smallest absolute Gasteiger partial charge is 0.388 e. The molecule has 2 aromatic carbocycles. The number of anilines is 1. The Morgan fingerprint density at radius 3 is 2.15 bits per heavy atom. The number of amides is 2. The first-order valence-electron chi connectivity index (χ1n) is 18.1. The summed E-state index contributed by atoms with van der Waals surface area (Å²) in [5.41, 5.74) is 3.72. The second-order valence-electron chi connectivity index (χ2n) is 13.7. The van der Waals surface area contributed by atoms with Crippen molar-refractivity contribution in [1.82, 2.24) is 30.5 Å². The maximum absolute atomic E-state index is 15.4. The molecule has 0 unspecified atom stereocenters. The van der Waals surface area contributed by atoms with Crippen molar-refractivity contribution in [2.24, 2.45) is 0 Å². The Morgan fingerprint density at radius 2 is 1.47 bits per heavy atom. The van der Waals surface area contributed by atoms with Crippen LogP contribution in [-0.2, 0) is 6.54 Å². The van der Waals surface area contributed by atoms with Gasteiger partial charge in [0.1, 0.15) is 11.6 Å². The molecule has 10 nitrogen and oxygen atoms in total. The van der Waals surface area contributed by atoms with E-state index in [0.29, 0.717) is 24.9 Å². The number of halogens is 4. The summed E-state index contributed by atoms with van der Waals surface area (Å²) in [6.45, 7) is 3.75. The van der Waals surface area contributed by atoms with Crippen LogP contribution in [0.3, 0.4) is 0 Å². The molecule has 0 spiro atoms. The zero-order valence-corrected chi connectivity index (χ0v) is 29.8. The van der Waals surface area contributed by atoms with E-state index in [1.54, 1.807) is 12.4 Å². The van der Waals surface area contributed by atoms with E-state index in [2.05, 4.69) is 41.2 Å². The molecule has 5 aromatic rings. The minimum Gasteiger partial charge on any atom is -0.388 e. The first-order valence-corrected chi connectivity index (χ1v) is 18.1. The van der Waals surface area contributed by atoms with E-state index in [9.17, 15) is 22.8 Å². The van der Waals surface area contributed by atoms with Gasteiger partial charge in [-0.15, -0.1) is 13.2 Å². The van der Waals surface area contributed by atoms with Crippen LogP contribution < -0.4 is 20.3 Å². The van der Waals surface area contributed by atoms with Crippen LogP contribution in [0.15, 0.2) is 104 Å². The minimum absolute atomic E-state index is 0.0429. The molecule has 0 aliphatic carbocycles. The fourth-order valence-corrected chi connectivity index (χ4v) is 7.00. The third-order valence-electron chi connectivity index (χ3n) is 9.92. The van der Waals surface area contributed by atoms with Crippen LogP contribution in [0.5, 0.6) is 5.88 Å². The zero-order chi connectivity index (χ0) is 38.4. The van der Waals surface area contributed by atoms with E-state index in [-0.39, 0.29) is 34.7 Å². The number of nitrogens with zero attached hydrogens (tertiary/aromatic N) is 5. The average molecular weight is 754 g/mol. The van der Waals surface area contributed by atoms with Crippen molar-refractivity contribution in [2.45, 2.75) is 50.7 Å². The molecule has 3 aromatic heterocycles. The molecule has 2 N–H and O–H groups in total. The molecular formula is C41H39F4N7O3. The van der Waals surface area contributed by atoms with E-state index in [1.165, 1.54) is 24.3 Å². The van der Waals surface area contributed by atoms with Gasteiger partial charge in [0.2, 0.25) is 5.88 Å². The molecule has 0 saturated carbocycles. The van der Waals surface area contributed by atoms with Gasteiger partial charge in [-0.2, -0.15) is 0 Å². The van der Waals surface area contributed by atoms with Crippen LogP contribution in [0.2, 0.25) is 0 Å². The lowest BCUT2D eigenvalue weighted by Crippen LogP contribution is -2.45. The van der Waals surface area contributed by atoms with E-state index >= 15 is 4.39 Å². The standard InChI is InChI=1S/C41H39F4N7O3/c42-38-34(31-10-12-37(48-25-31)55-41(43,44)45)7-2-8-35(38)40(54)50-32-13-18-51(19-14-32)26-27-9-11-36(47-23-27)52-20-15-33(16-21-52)49-39(53)29-5-1-4-28(22-29)30-6-3-17-46-24-30/h1-12,17,22-25,32-33H,13-16,18-21,26H2,(H,49,53)(H,50,54). The molecule has 14 heteroatoms. The maximum Gasteiger partial charge on any atom is 0.574 e. The van der Waals surface area contributed by atoms with Crippen molar-refractivity contribution >= 4 is 17.6 Å². The second kappa shape index (κ2) is 16.6. The van der Waals surface area contributed by atoms with Gasteiger partial charge in [-0.25, -0.2) is 14.4 Å². The number of piperidine rings is 2. The minimum atomic E-state index is -4.89. The Kier molecular flexibility index (Phi) is 11.3. The molecule has 0 bridgehead atoms. The molecular weight excluding hydrogens is 714 g/mol. The fraction of sp³-hybridized carbons (Fsp3) is 0.293. The maximum atomic E-state index is 15.4. The number of likely N-dealkylation sites (tertiary alicyclic amines) is 1. The molecule has 7 rings (SSSR count). The molecule has 2 saturated heterocycles. The van der Waals surface area contributed by atoms with Gasteiger partial charge >= 0.3 is 6.36 Å². The van der Waals surface area contributed by atoms with Crippen molar-refractivity contribution in [3.05, 3.63) is 126 Å². The van der Waals surface area contributed by atoms with Crippen molar-refractivity contribution < 1.29 is 31.9 Å². The third-order valence-corrected chi connectivity index (χ3v) is 9.92. The number of carbonyl (C=O) groups is 2. The Morgan fingerprint density at radius 1 is 0.745 bits per heavy atom. The summed E-state index contributed by atoms with van der Waals surface area (Å²) in [7, 11) is 0. The van der Waals surface area contributed by atoms with Crippen LogP contribution >= 0.6 is 0 Å². The van der Waals surface area contributed by atoms with Gasteiger partial charge in [-0.05, 0) is 73.2 Å². The number of nitrogens with one attached hydrogen (secondary N) is 2. The average Bonchev–Trinajstić information content (AvgIpc) is 3.19. The highest BCUT2D eigenvalue weighted by molar-refractivity contribution is 5.96. The highest BCUT2D eigenvalue weighted by Gasteiger charge is 2.32. The number of aromatic nitrogens is 3. The summed E-state index contributed by atoms with van der Waals surface area (Å²) in [5, 5.41) is 6.14. The fourth-order valence-electron chi connectivity index (χ4n) is 7.00. The number of benzene rings is 2. The molecule has 0 atom stereocenters. The van der Waals surface area contributed by atoms with E-state index in [1.807, 2.05) is 48.7 Å². The van der Waals surface area contributed by atoms with Crippen molar-refractivity contribution in [3.8, 4) is 28.1 Å². The van der Waals surface area contributed by atoms with Gasteiger partial charge in [-0.3, -0.25) is 19.5 Å². The topological polar surface area (TPSA) is 113 Å². The first-order chi connectivity index (χ1) is 26.6. The molecule has 5 heterocycles. The number of carbonyl (C=O) groups excluding carboxylic acids is 2. The zero-order valence-electron chi connectivity index (χ0n) is 29.8. The quantitative estimate of drug-likeness (QED) is 0.146. The van der Waals surface area contributed by atoms with Crippen LogP contribution in [0.1, 0.15) is 52.0 Å². The number of pyridine rings is 3. The van der Waals surface area contributed by atoms with Crippen LogP contribution in [0.4, 0.5) is 23.4 Å². The lowest BCUT2D eigenvalue weighted by Gasteiger charge is -2.34. The summed E-state index contributed by atoms with van der Waals surface area (Å²) in [4.78, 5) is 43.2. The monoisotopic (exact) mass is 753 g/mol. The Labute approximate surface area is 315 Å². The molecule has 2 amide bonds. The highest BCUT2D eigenvalue weighted by Crippen LogP contribution is 2.28. The van der Waals surface area contributed by atoms with Crippen LogP contribution in [-0.4, -0.2) is 76.3 Å². The first kappa shape index (κ1) is 37.4. The van der Waals surface area contributed by atoms with E-state index in [4.69, 9.17) is 4.98 Å². The van der Waals surface area contributed by atoms with Gasteiger partial charge in [0.15, 0.2) is 0 Å². The number of ether oxygens (including phenoxy) is 1. The SMILES string of the molecule is O=C(NC1CCN(c2ccc(CN3CCC(NC(=O)c4cccc(-c5ccc(OC(F)(F)F)nc5)c4F)CC3)cn2)CC1)c1cccc(-c2cccnc2)c1. The predicted molar refractivity (Wildman–Crippen MR) is 199 cm³/mol. The highest BCUT2D eigenvalue weighted by atomic mass is 19.4. The van der Waals surface area contributed by atoms with Gasteiger partial charge in [0.25, 0.3) is 11.8 Å². The Balaban J connectivity index is 0.848.